The number of benzene rings is 2. The summed E-state index contributed by atoms with van der Waals surface area (Å²) in [6.45, 7) is 4.42. The van der Waals surface area contributed by atoms with Gasteiger partial charge in [0, 0.05) is 26.7 Å². The van der Waals surface area contributed by atoms with E-state index in [-0.39, 0.29) is 19.2 Å². The summed E-state index contributed by atoms with van der Waals surface area (Å²) in [6, 6.07) is 15.9. The Hall–Kier alpha value is -3.22. The molecular weight excluding hydrogens is 368 g/mol. The maximum absolute atomic E-state index is 12.6. The summed E-state index contributed by atoms with van der Waals surface area (Å²) in [6.07, 6.45) is 0.806. The van der Waals surface area contributed by atoms with Crippen LogP contribution in [0.25, 0.3) is 0 Å². The molecule has 1 aliphatic heterocycles. The molecule has 0 saturated carbocycles. The molecule has 0 unspecified atom stereocenters. The summed E-state index contributed by atoms with van der Waals surface area (Å²) in [5, 5.41) is 6.34. The van der Waals surface area contributed by atoms with E-state index in [1.54, 1.807) is 7.05 Å². The molecule has 2 N–H and O–H groups in total. The van der Waals surface area contributed by atoms with Crippen molar-refractivity contribution in [2.24, 2.45) is 4.99 Å². The predicted octanol–water partition coefficient (Wildman–Crippen LogP) is 2.17. The summed E-state index contributed by atoms with van der Waals surface area (Å²) in [5.41, 5.74) is 2.27. The van der Waals surface area contributed by atoms with Gasteiger partial charge in [0.15, 0.2) is 17.5 Å². The molecule has 0 radical (unpaired) electrons. The first kappa shape index (κ1) is 20.5. The molecule has 2 aromatic rings. The number of carbonyl (C=O) groups is 1. The maximum atomic E-state index is 12.6. The lowest BCUT2D eigenvalue weighted by molar-refractivity contribution is -0.130. The van der Waals surface area contributed by atoms with Crippen LogP contribution in [0.15, 0.2) is 53.5 Å². The molecule has 29 heavy (non-hydrogen) atoms. The van der Waals surface area contributed by atoms with E-state index in [1.807, 2.05) is 60.4 Å². The third-order valence-corrected chi connectivity index (χ3v) is 4.72. The molecule has 154 valence electrons. The lowest BCUT2D eigenvalue weighted by atomic mass is 10.1. The average Bonchev–Trinajstić information content (AvgIpc) is 3.22. The van der Waals surface area contributed by atoms with Crippen molar-refractivity contribution in [2.75, 3.05) is 33.5 Å². The van der Waals surface area contributed by atoms with Crippen LogP contribution in [0.3, 0.4) is 0 Å². The van der Waals surface area contributed by atoms with Crippen molar-refractivity contribution in [3.8, 4) is 11.5 Å². The summed E-state index contributed by atoms with van der Waals surface area (Å²) in [7, 11) is 1.70. The number of nitrogens with zero attached hydrogens (tertiary/aromatic N) is 2. The predicted molar refractivity (Wildman–Crippen MR) is 113 cm³/mol. The number of fused-ring (bicyclic) bond motifs is 1. The van der Waals surface area contributed by atoms with E-state index in [4.69, 9.17) is 9.47 Å². The Labute approximate surface area is 171 Å². The first-order valence-electron chi connectivity index (χ1n) is 9.84. The lowest BCUT2D eigenvalue weighted by Crippen LogP contribution is -2.44. The number of ether oxygens (including phenoxy) is 2. The summed E-state index contributed by atoms with van der Waals surface area (Å²) >= 11 is 0. The Kier molecular flexibility index (Phi) is 7.33. The van der Waals surface area contributed by atoms with E-state index in [2.05, 4.69) is 15.6 Å². The van der Waals surface area contributed by atoms with Gasteiger partial charge in [-0.25, -0.2) is 0 Å². The first-order valence-corrected chi connectivity index (χ1v) is 9.84. The van der Waals surface area contributed by atoms with Gasteiger partial charge >= 0.3 is 0 Å². The van der Waals surface area contributed by atoms with E-state index >= 15 is 0 Å². The molecule has 0 bridgehead atoms. The summed E-state index contributed by atoms with van der Waals surface area (Å²) in [5.74, 6) is 2.22. The maximum Gasteiger partial charge on any atom is 0.242 e. The molecule has 7 nitrogen and oxygen atoms in total. The topological polar surface area (TPSA) is 75.2 Å². The SMILES string of the molecule is CCN(Cc1ccccc1)C(=O)CNC(=NC)NCCc1ccc2c(c1)OCO2. The van der Waals surface area contributed by atoms with Crippen LogP contribution in [-0.2, 0) is 17.8 Å². The highest BCUT2D eigenvalue weighted by Crippen LogP contribution is 2.32. The van der Waals surface area contributed by atoms with E-state index in [1.165, 1.54) is 0 Å². The zero-order valence-electron chi connectivity index (χ0n) is 17.0. The van der Waals surface area contributed by atoms with Gasteiger partial charge in [0.2, 0.25) is 12.7 Å². The van der Waals surface area contributed by atoms with Crippen molar-refractivity contribution in [3.63, 3.8) is 0 Å². The van der Waals surface area contributed by atoms with Crippen LogP contribution in [0.2, 0.25) is 0 Å². The quantitative estimate of drug-likeness (QED) is 0.528. The van der Waals surface area contributed by atoms with Crippen molar-refractivity contribution < 1.29 is 14.3 Å². The zero-order valence-corrected chi connectivity index (χ0v) is 17.0. The number of likely N-dealkylation sites (N-methyl/N-ethyl adjacent to an activating group) is 1. The minimum absolute atomic E-state index is 0.0371. The molecule has 2 aromatic carbocycles. The lowest BCUT2D eigenvalue weighted by Gasteiger charge is -2.22. The molecule has 0 saturated heterocycles. The minimum atomic E-state index is 0.0371. The minimum Gasteiger partial charge on any atom is -0.454 e. The summed E-state index contributed by atoms with van der Waals surface area (Å²) in [4.78, 5) is 18.6. The van der Waals surface area contributed by atoms with Gasteiger partial charge in [0.05, 0.1) is 6.54 Å². The Bertz CT molecular complexity index is 839. The fourth-order valence-corrected chi connectivity index (χ4v) is 3.09. The van der Waals surface area contributed by atoms with Crippen LogP contribution in [-0.4, -0.2) is 50.2 Å². The fourth-order valence-electron chi connectivity index (χ4n) is 3.09. The number of guanidine groups is 1. The highest BCUT2D eigenvalue weighted by molar-refractivity contribution is 5.86. The number of rotatable bonds is 8. The largest absolute Gasteiger partial charge is 0.454 e. The number of amides is 1. The smallest absolute Gasteiger partial charge is 0.242 e. The van der Waals surface area contributed by atoms with E-state index < -0.39 is 0 Å². The molecule has 3 rings (SSSR count). The van der Waals surface area contributed by atoms with Crippen LogP contribution in [0.5, 0.6) is 11.5 Å². The second-order valence-corrected chi connectivity index (χ2v) is 6.68. The molecule has 7 heteroatoms. The van der Waals surface area contributed by atoms with Gasteiger partial charge in [0.1, 0.15) is 0 Å². The van der Waals surface area contributed by atoms with Gasteiger partial charge in [-0.15, -0.1) is 0 Å². The third kappa shape index (κ3) is 5.88. The van der Waals surface area contributed by atoms with Crippen molar-refractivity contribution in [1.29, 1.82) is 0 Å². The Morgan fingerprint density at radius 1 is 1.07 bits per heavy atom. The average molecular weight is 396 g/mol. The monoisotopic (exact) mass is 396 g/mol. The van der Waals surface area contributed by atoms with Crippen LogP contribution >= 0.6 is 0 Å². The molecule has 0 fully saturated rings. The van der Waals surface area contributed by atoms with Crippen LogP contribution in [0, 0.1) is 0 Å². The number of aliphatic imine (C=N–C) groups is 1. The van der Waals surface area contributed by atoms with E-state index in [9.17, 15) is 4.79 Å². The number of nitrogens with one attached hydrogen (secondary N) is 2. The number of carbonyl (C=O) groups excluding carboxylic acids is 1. The van der Waals surface area contributed by atoms with Crippen molar-refractivity contribution in [1.82, 2.24) is 15.5 Å². The second-order valence-electron chi connectivity index (χ2n) is 6.68. The molecule has 0 aliphatic carbocycles. The first-order chi connectivity index (χ1) is 14.2. The fraction of sp³-hybridized carbons (Fsp3) is 0.364. The van der Waals surface area contributed by atoms with Gasteiger partial charge in [-0.2, -0.15) is 0 Å². The molecule has 1 heterocycles. The van der Waals surface area contributed by atoms with Crippen molar-refractivity contribution >= 4 is 11.9 Å². The highest BCUT2D eigenvalue weighted by atomic mass is 16.7. The Morgan fingerprint density at radius 3 is 2.62 bits per heavy atom. The molecule has 0 spiro atoms. The second kappa shape index (κ2) is 10.4. The molecular formula is C22H28N4O3. The van der Waals surface area contributed by atoms with Gasteiger partial charge in [0.25, 0.3) is 0 Å². The summed E-state index contributed by atoms with van der Waals surface area (Å²) < 4.78 is 10.7. The van der Waals surface area contributed by atoms with Gasteiger partial charge in [-0.05, 0) is 36.6 Å². The van der Waals surface area contributed by atoms with Crippen molar-refractivity contribution in [3.05, 3.63) is 59.7 Å². The molecule has 1 aliphatic rings. The highest BCUT2D eigenvalue weighted by Gasteiger charge is 2.14. The Morgan fingerprint density at radius 2 is 1.86 bits per heavy atom. The normalized spacial score (nSPS) is 12.6. The van der Waals surface area contributed by atoms with Crippen LogP contribution < -0.4 is 20.1 Å². The van der Waals surface area contributed by atoms with Crippen LogP contribution in [0.1, 0.15) is 18.1 Å². The molecule has 1 amide bonds. The van der Waals surface area contributed by atoms with Gasteiger partial charge < -0.3 is 25.0 Å². The zero-order chi connectivity index (χ0) is 20.5. The third-order valence-electron chi connectivity index (χ3n) is 4.72. The molecule has 0 aromatic heterocycles. The number of hydrogen-bond acceptors (Lipinski definition) is 4. The van der Waals surface area contributed by atoms with E-state index in [0.29, 0.717) is 25.6 Å². The molecule has 0 atom stereocenters. The van der Waals surface area contributed by atoms with Crippen molar-refractivity contribution in [2.45, 2.75) is 19.9 Å². The Balaban J connectivity index is 1.42. The standard InChI is InChI=1S/C22H28N4O3/c1-3-26(15-18-7-5-4-6-8-18)21(27)14-25-22(23-2)24-12-11-17-9-10-19-20(13-17)29-16-28-19/h4-10,13H,3,11-12,14-16H2,1-2H3,(H2,23,24,25). The van der Waals surface area contributed by atoms with Gasteiger partial charge in [-0.1, -0.05) is 36.4 Å². The van der Waals surface area contributed by atoms with Crippen LogP contribution in [0.4, 0.5) is 0 Å². The van der Waals surface area contributed by atoms with E-state index in [0.717, 1.165) is 29.0 Å². The number of hydrogen-bond donors (Lipinski definition) is 2. The van der Waals surface area contributed by atoms with Gasteiger partial charge in [-0.3, -0.25) is 9.79 Å².